The number of amides is 2. The number of hydrogen-bond donors (Lipinski definition) is 1. The number of carbonyl (C=O) groups excluding carboxylic acids is 2. The van der Waals surface area contributed by atoms with E-state index in [2.05, 4.69) is 5.32 Å². The van der Waals surface area contributed by atoms with Crippen molar-refractivity contribution in [3.8, 4) is 0 Å². The Balaban J connectivity index is 1.71. The van der Waals surface area contributed by atoms with Crippen molar-refractivity contribution in [2.45, 2.75) is 11.8 Å². The Morgan fingerprint density at radius 2 is 1.83 bits per heavy atom. The van der Waals surface area contributed by atoms with Crippen LogP contribution < -0.4 is 10.2 Å². The molecule has 29 heavy (non-hydrogen) atoms. The van der Waals surface area contributed by atoms with Gasteiger partial charge in [-0.1, -0.05) is 18.2 Å². The lowest BCUT2D eigenvalue weighted by atomic mass is 10.1. The van der Waals surface area contributed by atoms with Crippen molar-refractivity contribution in [2.24, 2.45) is 0 Å². The van der Waals surface area contributed by atoms with Gasteiger partial charge in [0.15, 0.2) is 0 Å². The van der Waals surface area contributed by atoms with Crippen LogP contribution in [0.2, 0.25) is 0 Å². The van der Waals surface area contributed by atoms with Crippen LogP contribution in [0.5, 0.6) is 0 Å². The number of nitrogens with zero attached hydrogens (tertiary/aromatic N) is 2. The lowest BCUT2D eigenvalue weighted by Crippen LogP contribution is -2.42. The Bertz CT molecular complexity index is 1080. The van der Waals surface area contributed by atoms with Crippen LogP contribution in [0, 0.1) is 6.92 Å². The number of nitrogens with one attached hydrogen (secondary N) is 1. The van der Waals surface area contributed by atoms with Gasteiger partial charge in [0.05, 0.1) is 29.5 Å². The minimum atomic E-state index is -3.75. The molecule has 2 amide bonds. The highest BCUT2D eigenvalue weighted by molar-refractivity contribution is 7.89. The smallest absolute Gasteiger partial charge is 0.258 e. The first kappa shape index (κ1) is 19.6. The Kier molecular flexibility index (Phi) is 5.12. The van der Waals surface area contributed by atoms with Crippen LogP contribution in [0.25, 0.3) is 0 Å². The molecule has 1 fully saturated rings. The highest BCUT2D eigenvalue weighted by Crippen LogP contribution is 2.31. The maximum Gasteiger partial charge on any atom is 0.258 e. The number of anilines is 2. The highest BCUT2D eigenvalue weighted by Gasteiger charge is 2.31. The van der Waals surface area contributed by atoms with Crippen LogP contribution in [-0.4, -0.2) is 57.4 Å². The van der Waals surface area contributed by atoms with Gasteiger partial charge in [-0.25, -0.2) is 8.42 Å². The summed E-state index contributed by atoms with van der Waals surface area (Å²) in [4.78, 5) is 26.7. The van der Waals surface area contributed by atoms with E-state index in [-0.39, 0.29) is 36.0 Å². The third-order valence-electron chi connectivity index (χ3n) is 5.04. The van der Waals surface area contributed by atoms with Crippen molar-refractivity contribution in [1.82, 2.24) is 4.31 Å². The summed E-state index contributed by atoms with van der Waals surface area (Å²) in [5.74, 6) is -0.726. The Labute approximate surface area is 169 Å². The SMILES string of the molecule is Cc1ccc(C(=O)N2CC(=O)Nc3ccccc32)cc1S(=O)(=O)N1CCOCC1. The zero-order valence-electron chi connectivity index (χ0n) is 15.9. The van der Waals surface area contributed by atoms with E-state index < -0.39 is 15.9 Å². The van der Waals surface area contributed by atoms with Crippen molar-refractivity contribution in [2.75, 3.05) is 43.1 Å². The van der Waals surface area contributed by atoms with Crippen molar-refractivity contribution in [1.29, 1.82) is 0 Å². The number of sulfonamides is 1. The fourth-order valence-electron chi connectivity index (χ4n) is 3.51. The van der Waals surface area contributed by atoms with Gasteiger partial charge in [0.2, 0.25) is 15.9 Å². The number of fused-ring (bicyclic) bond motifs is 1. The van der Waals surface area contributed by atoms with E-state index in [1.165, 1.54) is 15.3 Å². The van der Waals surface area contributed by atoms with Crippen molar-refractivity contribution in [3.05, 3.63) is 53.6 Å². The van der Waals surface area contributed by atoms with Crippen molar-refractivity contribution >= 4 is 33.2 Å². The largest absolute Gasteiger partial charge is 0.379 e. The predicted molar refractivity (Wildman–Crippen MR) is 108 cm³/mol. The number of rotatable bonds is 3. The number of hydrogen-bond acceptors (Lipinski definition) is 5. The van der Waals surface area contributed by atoms with Gasteiger partial charge in [0, 0.05) is 18.7 Å². The molecule has 2 aromatic carbocycles. The second-order valence-electron chi connectivity index (χ2n) is 6.95. The summed E-state index contributed by atoms with van der Waals surface area (Å²) >= 11 is 0. The van der Waals surface area contributed by atoms with Crippen molar-refractivity contribution < 1.29 is 22.7 Å². The molecular weight excluding hydrogens is 394 g/mol. The van der Waals surface area contributed by atoms with Crippen LogP contribution >= 0.6 is 0 Å². The first-order chi connectivity index (χ1) is 13.9. The summed E-state index contributed by atoms with van der Waals surface area (Å²) in [5, 5.41) is 2.74. The van der Waals surface area contributed by atoms with E-state index in [1.807, 2.05) is 0 Å². The standard InChI is InChI=1S/C20H21N3O5S/c1-14-6-7-15(12-18(14)29(26,27)22-8-10-28-11-9-22)20(25)23-13-19(24)21-16-4-2-3-5-17(16)23/h2-7,12H,8-11,13H2,1H3,(H,21,24). The summed E-state index contributed by atoms with van der Waals surface area (Å²) in [5.41, 5.74) is 1.90. The fraction of sp³-hybridized carbons (Fsp3) is 0.300. The number of para-hydroxylation sites is 2. The van der Waals surface area contributed by atoms with Gasteiger partial charge in [-0.15, -0.1) is 0 Å². The van der Waals surface area contributed by atoms with Crippen LogP contribution in [0.3, 0.4) is 0 Å². The molecule has 1 saturated heterocycles. The molecule has 0 unspecified atom stereocenters. The van der Waals surface area contributed by atoms with Gasteiger partial charge in [-0.2, -0.15) is 4.31 Å². The molecule has 0 bridgehead atoms. The van der Waals surface area contributed by atoms with Gasteiger partial charge in [0.1, 0.15) is 6.54 Å². The van der Waals surface area contributed by atoms with E-state index in [1.54, 1.807) is 43.3 Å². The number of ether oxygens (including phenoxy) is 1. The van der Waals surface area contributed by atoms with E-state index >= 15 is 0 Å². The summed E-state index contributed by atoms with van der Waals surface area (Å²) in [7, 11) is -3.75. The molecule has 2 aromatic rings. The van der Waals surface area contributed by atoms with Gasteiger partial charge in [-0.05, 0) is 36.8 Å². The zero-order valence-corrected chi connectivity index (χ0v) is 16.7. The Morgan fingerprint density at radius 3 is 2.59 bits per heavy atom. The molecule has 2 heterocycles. The minimum absolute atomic E-state index is 0.0972. The molecule has 0 aliphatic carbocycles. The molecule has 2 aliphatic rings. The lowest BCUT2D eigenvalue weighted by molar-refractivity contribution is -0.115. The second kappa shape index (κ2) is 7.58. The molecule has 1 N–H and O–H groups in total. The Morgan fingerprint density at radius 1 is 1.10 bits per heavy atom. The van der Waals surface area contributed by atoms with E-state index in [4.69, 9.17) is 4.74 Å². The summed E-state index contributed by atoms with van der Waals surface area (Å²) in [6.45, 7) is 2.81. The van der Waals surface area contributed by atoms with Gasteiger partial charge >= 0.3 is 0 Å². The molecule has 0 saturated carbocycles. The number of aryl methyl sites for hydroxylation is 1. The Hall–Kier alpha value is -2.75. The van der Waals surface area contributed by atoms with Crippen LogP contribution in [0.1, 0.15) is 15.9 Å². The van der Waals surface area contributed by atoms with Gasteiger partial charge in [0.25, 0.3) is 5.91 Å². The minimum Gasteiger partial charge on any atom is -0.379 e. The number of benzene rings is 2. The first-order valence-corrected chi connectivity index (χ1v) is 10.7. The highest BCUT2D eigenvalue weighted by atomic mass is 32.2. The molecular formula is C20H21N3O5S. The maximum atomic E-state index is 13.2. The third kappa shape index (κ3) is 3.64. The monoisotopic (exact) mass is 415 g/mol. The second-order valence-corrected chi connectivity index (χ2v) is 8.86. The molecule has 9 heteroatoms. The summed E-state index contributed by atoms with van der Waals surface area (Å²) < 4.78 is 32.8. The fourth-order valence-corrected chi connectivity index (χ4v) is 5.17. The first-order valence-electron chi connectivity index (χ1n) is 9.27. The van der Waals surface area contributed by atoms with Crippen LogP contribution in [0.15, 0.2) is 47.4 Å². The average molecular weight is 415 g/mol. The normalized spacial score (nSPS) is 17.6. The van der Waals surface area contributed by atoms with E-state index in [9.17, 15) is 18.0 Å². The van der Waals surface area contributed by atoms with E-state index in [0.29, 0.717) is 30.2 Å². The molecule has 152 valence electrons. The quantitative estimate of drug-likeness (QED) is 0.822. The van der Waals surface area contributed by atoms with Crippen LogP contribution in [0.4, 0.5) is 11.4 Å². The summed E-state index contributed by atoms with van der Waals surface area (Å²) in [6, 6.07) is 11.6. The molecule has 2 aliphatic heterocycles. The molecule has 0 radical (unpaired) electrons. The van der Waals surface area contributed by atoms with Crippen molar-refractivity contribution in [3.63, 3.8) is 0 Å². The average Bonchev–Trinajstić information content (AvgIpc) is 2.73. The molecule has 8 nitrogen and oxygen atoms in total. The molecule has 0 atom stereocenters. The maximum absolute atomic E-state index is 13.2. The molecule has 0 aromatic heterocycles. The molecule has 4 rings (SSSR count). The number of morpholine rings is 1. The number of carbonyl (C=O) groups is 2. The molecule has 0 spiro atoms. The lowest BCUT2D eigenvalue weighted by Gasteiger charge is -2.30. The topological polar surface area (TPSA) is 96.0 Å². The third-order valence-corrected chi connectivity index (χ3v) is 7.08. The summed E-state index contributed by atoms with van der Waals surface area (Å²) in [6.07, 6.45) is 0. The van der Waals surface area contributed by atoms with Gasteiger partial charge in [-0.3, -0.25) is 14.5 Å². The zero-order chi connectivity index (χ0) is 20.6. The van der Waals surface area contributed by atoms with Gasteiger partial charge < -0.3 is 10.1 Å². The predicted octanol–water partition coefficient (Wildman–Crippen LogP) is 1.61. The van der Waals surface area contributed by atoms with E-state index in [0.717, 1.165) is 0 Å². The van der Waals surface area contributed by atoms with Crippen LogP contribution in [-0.2, 0) is 19.6 Å².